The van der Waals surface area contributed by atoms with Gasteiger partial charge in [-0.3, -0.25) is 0 Å². The van der Waals surface area contributed by atoms with E-state index in [1.807, 2.05) is 0 Å². The monoisotopic (exact) mass is 262 g/mol. The lowest BCUT2D eigenvalue weighted by atomic mass is 9.80. The summed E-state index contributed by atoms with van der Waals surface area (Å²) >= 11 is 0. The van der Waals surface area contributed by atoms with E-state index < -0.39 is 10.0 Å². The highest BCUT2D eigenvalue weighted by Gasteiger charge is 2.24. The van der Waals surface area contributed by atoms with Gasteiger partial charge in [-0.1, -0.05) is 13.8 Å². The molecule has 0 unspecified atom stereocenters. The minimum Gasteiger partial charge on any atom is -0.312 e. The molecule has 0 aliphatic heterocycles. The Kier molecular flexibility index (Phi) is 5.89. The minimum absolute atomic E-state index is 0.157. The van der Waals surface area contributed by atoms with Crippen molar-refractivity contribution in [1.82, 2.24) is 10.0 Å². The van der Waals surface area contributed by atoms with E-state index in [4.69, 9.17) is 0 Å². The molecule has 17 heavy (non-hydrogen) atoms. The Balaban J connectivity index is 2.19. The number of hydrogen-bond donors (Lipinski definition) is 2. The van der Waals surface area contributed by atoms with E-state index in [0.29, 0.717) is 18.5 Å². The first-order chi connectivity index (χ1) is 7.94. The van der Waals surface area contributed by atoms with Crippen LogP contribution in [0.25, 0.3) is 0 Å². The van der Waals surface area contributed by atoms with Crippen LogP contribution in [0.3, 0.4) is 0 Å². The van der Waals surface area contributed by atoms with Crippen LogP contribution in [0.5, 0.6) is 0 Å². The summed E-state index contributed by atoms with van der Waals surface area (Å²) in [6.07, 6.45) is 3.77. The van der Waals surface area contributed by atoms with Crippen LogP contribution in [0.15, 0.2) is 0 Å². The molecule has 102 valence electrons. The second-order valence-corrected chi connectivity index (χ2v) is 7.35. The second kappa shape index (κ2) is 6.71. The van der Waals surface area contributed by atoms with Gasteiger partial charge in [-0.25, -0.2) is 13.1 Å². The van der Waals surface area contributed by atoms with Gasteiger partial charge in [0.25, 0.3) is 0 Å². The van der Waals surface area contributed by atoms with Crippen LogP contribution >= 0.6 is 0 Å². The maximum Gasteiger partial charge on any atom is 0.211 e. The molecule has 1 rings (SSSR count). The van der Waals surface area contributed by atoms with E-state index in [9.17, 15) is 8.42 Å². The molecule has 4 nitrogen and oxygen atoms in total. The molecular formula is C12H26N2O2S. The van der Waals surface area contributed by atoms with Crippen LogP contribution in [-0.2, 0) is 10.0 Å². The average molecular weight is 262 g/mol. The SMILES string of the molecule is CCS(=O)(=O)NCCN[C@@H]1CC[C@@H](C)C[C@H]1C. The highest BCUT2D eigenvalue weighted by molar-refractivity contribution is 7.89. The third-order valence-electron chi connectivity index (χ3n) is 3.67. The molecule has 0 saturated heterocycles. The number of nitrogens with one attached hydrogen (secondary N) is 2. The van der Waals surface area contributed by atoms with Gasteiger partial charge in [0.2, 0.25) is 10.0 Å². The summed E-state index contributed by atoms with van der Waals surface area (Å²) in [5, 5.41) is 3.46. The summed E-state index contributed by atoms with van der Waals surface area (Å²) in [6.45, 7) is 7.46. The van der Waals surface area contributed by atoms with E-state index >= 15 is 0 Å². The van der Waals surface area contributed by atoms with Crippen LogP contribution in [0.1, 0.15) is 40.0 Å². The first-order valence-electron chi connectivity index (χ1n) is 6.65. The number of sulfonamides is 1. The van der Waals surface area contributed by atoms with Crippen LogP contribution in [0, 0.1) is 11.8 Å². The van der Waals surface area contributed by atoms with Crippen LogP contribution < -0.4 is 10.0 Å². The predicted molar refractivity (Wildman–Crippen MR) is 71.4 cm³/mol. The van der Waals surface area contributed by atoms with Gasteiger partial charge >= 0.3 is 0 Å². The molecular weight excluding hydrogens is 236 g/mol. The smallest absolute Gasteiger partial charge is 0.211 e. The van der Waals surface area contributed by atoms with Gasteiger partial charge in [0.05, 0.1) is 5.75 Å². The first-order valence-corrected chi connectivity index (χ1v) is 8.30. The molecule has 2 N–H and O–H groups in total. The first kappa shape index (κ1) is 14.9. The zero-order valence-corrected chi connectivity index (χ0v) is 12.0. The lowest BCUT2D eigenvalue weighted by Gasteiger charge is -2.33. The molecule has 5 heteroatoms. The molecule has 1 aliphatic carbocycles. The van der Waals surface area contributed by atoms with E-state index in [1.54, 1.807) is 6.92 Å². The standard InChI is InChI=1S/C12H26N2O2S/c1-4-17(15,16)14-8-7-13-12-6-5-10(2)9-11(12)3/h10-14H,4-9H2,1-3H3/t10-,11-,12-/m1/s1. The van der Waals surface area contributed by atoms with Crippen molar-refractivity contribution in [2.75, 3.05) is 18.8 Å². The van der Waals surface area contributed by atoms with Crippen molar-refractivity contribution in [1.29, 1.82) is 0 Å². The maximum absolute atomic E-state index is 11.2. The molecule has 0 heterocycles. The van der Waals surface area contributed by atoms with Crippen LogP contribution in [0.2, 0.25) is 0 Å². The minimum atomic E-state index is -3.03. The Morgan fingerprint density at radius 3 is 2.47 bits per heavy atom. The summed E-state index contributed by atoms with van der Waals surface area (Å²) in [5.74, 6) is 1.69. The van der Waals surface area contributed by atoms with E-state index in [1.165, 1.54) is 19.3 Å². The Labute approximate surface area is 106 Å². The van der Waals surface area contributed by atoms with Gasteiger partial charge in [0.15, 0.2) is 0 Å². The topological polar surface area (TPSA) is 58.2 Å². The summed E-state index contributed by atoms with van der Waals surface area (Å²) in [5.41, 5.74) is 0. The largest absolute Gasteiger partial charge is 0.312 e. The van der Waals surface area contributed by atoms with Gasteiger partial charge < -0.3 is 5.32 Å². The van der Waals surface area contributed by atoms with Gasteiger partial charge in [0, 0.05) is 19.1 Å². The Morgan fingerprint density at radius 1 is 1.18 bits per heavy atom. The molecule has 0 spiro atoms. The lowest BCUT2D eigenvalue weighted by Crippen LogP contribution is -2.42. The quantitative estimate of drug-likeness (QED) is 0.710. The van der Waals surface area contributed by atoms with Gasteiger partial charge in [-0.05, 0) is 38.0 Å². The molecule has 0 bridgehead atoms. The molecule has 0 radical (unpaired) electrons. The molecule has 1 fully saturated rings. The maximum atomic E-state index is 11.2. The van der Waals surface area contributed by atoms with Crippen LogP contribution in [0.4, 0.5) is 0 Å². The molecule has 0 aromatic heterocycles. The van der Waals surface area contributed by atoms with Gasteiger partial charge in [0.1, 0.15) is 0 Å². The molecule has 0 amide bonds. The number of rotatable bonds is 6. The van der Waals surface area contributed by atoms with Crippen molar-refractivity contribution in [2.24, 2.45) is 11.8 Å². The molecule has 0 aromatic rings. The van der Waals surface area contributed by atoms with Crippen LogP contribution in [-0.4, -0.2) is 33.3 Å². The average Bonchev–Trinajstić information content (AvgIpc) is 2.27. The van der Waals surface area contributed by atoms with Crippen molar-refractivity contribution in [2.45, 2.75) is 46.1 Å². The highest BCUT2D eigenvalue weighted by Crippen LogP contribution is 2.28. The summed E-state index contributed by atoms with van der Waals surface area (Å²) in [7, 11) is -3.03. The van der Waals surface area contributed by atoms with E-state index in [-0.39, 0.29) is 5.75 Å². The summed E-state index contributed by atoms with van der Waals surface area (Å²) in [4.78, 5) is 0. The fourth-order valence-corrected chi connectivity index (χ4v) is 3.15. The fraction of sp³-hybridized carbons (Fsp3) is 1.00. The van der Waals surface area contributed by atoms with Crippen molar-refractivity contribution in [3.8, 4) is 0 Å². The van der Waals surface area contributed by atoms with Gasteiger partial charge in [-0.15, -0.1) is 0 Å². The van der Waals surface area contributed by atoms with E-state index in [2.05, 4.69) is 23.9 Å². The van der Waals surface area contributed by atoms with E-state index in [0.717, 1.165) is 12.5 Å². The highest BCUT2D eigenvalue weighted by atomic mass is 32.2. The third-order valence-corrected chi connectivity index (χ3v) is 5.07. The third kappa shape index (κ3) is 5.36. The fourth-order valence-electron chi connectivity index (χ4n) is 2.53. The summed E-state index contributed by atoms with van der Waals surface area (Å²) < 4.78 is 25.0. The Bertz CT molecular complexity index is 316. The number of hydrogen-bond acceptors (Lipinski definition) is 3. The molecule has 0 aromatic carbocycles. The van der Waals surface area contributed by atoms with Crippen molar-refractivity contribution in [3.63, 3.8) is 0 Å². The Morgan fingerprint density at radius 2 is 1.88 bits per heavy atom. The summed E-state index contributed by atoms with van der Waals surface area (Å²) in [6, 6.07) is 0.553. The predicted octanol–water partition coefficient (Wildman–Crippen LogP) is 1.34. The van der Waals surface area contributed by atoms with Crippen molar-refractivity contribution < 1.29 is 8.42 Å². The second-order valence-electron chi connectivity index (χ2n) is 5.25. The van der Waals surface area contributed by atoms with Crippen molar-refractivity contribution >= 4 is 10.0 Å². The normalized spacial score (nSPS) is 30.4. The van der Waals surface area contributed by atoms with Gasteiger partial charge in [-0.2, -0.15) is 0 Å². The lowest BCUT2D eigenvalue weighted by molar-refractivity contribution is 0.229. The molecule has 3 atom stereocenters. The molecule has 1 aliphatic rings. The Hall–Kier alpha value is -0.130. The zero-order chi connectivity index (χ0) is 12.9. The zero-order valence-electron chi connectivity index (χ0n) is 11.2. The van der Waals surface area contributed by atoms with Crippen molar-refractivity contribution in [3.05, 3.63) is 0 Å². The molecule has 1 saturated carbocycles.